The van der Waals surface area contributed by atoms with Crippen LogP contribution in [0.25, 0.3) is 0 Å². The van der Waals surface area contributed by atoms with Crippen LogP contribution < -0.4 is 10.2 Å². The number of thiazole rings is 1. The molecule has 2 heterocycles. The van der Waals surface area contributed by atoms with Gasteiger partial charge in [-0.2, -0.15) is 0 Å². The molecule has 33 heavy (non-hydrogen) atoms. The first-order valence-electron chi connectivity index (χ1n) is 10.6. The molecule has 1 atom stereocenters. The molecule has 0 saturated carbocycles. The molecule has 1 N–H and O–H groups in total. The molecule has 0 bridgehead atoms. The maximum Gasteiger partial charge on any atom is 0.271 e. The van der Waals surface area contributed by atoms with Crippen LogP contribution in [0.4, 0.5) is 5.69 Å². The van der Waals surface area contributed by atoms with Gasteiger partial charge in [-0.1, -0.05) is 48.0 Å². The van der Waals surface area contributed by atoms with Gasteiger partial charge in [0.25, 0.3) is 5.91 Å². The molecule has 0 aliphatic carbocycles. The number of aromatic nitrogens is 1. The van der Waals surface area contributed by atoms with Crippen LogP contribution in [-0.2, 0) is 11.3 Å². The number of furan rings is 1. The lowest BCUT2D eigenvalue weighted by atomic mass is 10.0. The quantitative estimate of drug-likeness (QED) is 0.403. The van der Waals surface area contributed by atoms with Crippen molar-refractivity contribution >= 4 is 28.8 Å². The van der Waals surface area contributed by atoms with Gasteiger partial charge in [0.15, 0.2) is 0 Å². The van der Waals surface area contributed by atoms with Crippen LogP contribution in [0.3, 0.4) is 0 Å². The SMILES string of the molecule is Cc1ccc(N(C(=O)c2sc(C)nc2C)[C@H](C(=O)NCc2ccco2)c2ccccc2)cc1. The van der Waals surface area contributed by atoms with E-state index in [0.717, 1.165) is 10.6 Å². The van der Waals surface area contributed by atoms with Crippen LogP contribution in [-0.4, -0.2) is 16.8 Å². The van der Waals surface area contributed by atoms with Crippen LogP contribution >= 0.6 is 11.3 Å². The Labute approximate surface area is 196 Å². The largest absolute Gasteiger partial charge is 0.467 e. The fourth-order valence-corrected chi connectivity index (χ4v) is 4.52. The molecule has 2 aromatic heterocycles. The van der Waals surface area contributed by atoms with Gasteiger partial charge >= 0.3 is 0 Å². The summed E-state index contributed by atoms with van der Waals surface area (Å²) in [4.78, 5) is 34.0. The van der Waals surface area contributed by atoms with E-state index >= 15 is 0 Å². The highest BCUT2D eigenvalue weighted by molar-refractivity contribution is 7.13. The molecule has 4 rings (SSSR count). The van der Waals surface area contributed by atoms with Crippen molar-refractivity contribution in [3.63, 3.8) is 0 Å². The molecule has 2 amide bonds. The van der Waals surface area contributed by atoms with Gasteiger partial charge in [0.1, 0.15) is 16.7 Å². The molecule has 0 saturated heterocycles. The standard InChI is InChI=1S/C26H25N3O3S/c1-17-11-13-21(14-12-17)29(26(31)24-18(2)28-19(3)33-24)23(20-8-5-4-6-9-20)25(30)27-16-22-10-7-15-32-22/h4-15,23H,16H2,1-3H3,(H,27,30)/t23-/m0/s1. The average Bonchev–Trinajstić information content (AvgIpc) is 3.45. The molecule has 2 aromatic carbocycles. The average molecular weight is 460 g/mol. The summed E-state index contributed by atoms with van der Waals surface area (Å²) in [5, 5.41) is 3.74. The first-order valence-corrected chi connectivity index (χ1v) is 11.4. The molecule has 0 aliphatic heterocycles. The maximum atomic E-state index is 13.9. The van der Waals surface area contributed by atoms with E-state index in [9.17, 15) is 9.59 Å². The Balaban J connectivity index is 1.79. The van der Waals surface area contributed by atoms with Gasteiger partial charge in [0.05, 0.1) is 23.5 Å². The number of hydrogen-bond acceptors (Lipinski definition) is 5. The van der Waals surface area contributed by atoms with Crippen molar-refractivity contribution in [2.45, 2.75) is 33.4 Å². The highest BCUT2D eigenvalue weighted by atomic mass is 32.1. The number of nitrogens with one attached hydrogen (secondary N) is 1. The summed E-state index contributed by atoms with van der Waals surface area (Å²) in [5.41, 5.74) is 3.07. The van der Waals surface area contributed by atoms with Crippen molar-refractivity contribution in [1.29, 1.82) is 0 Å². The molecule has 4 aromatic rings. The van der Waals surface area contributed by atoms with Gasteiger partial charge in [-0.05, 0) is 50.6 Å². The predicted molar refractivity (Wildman–Crippen MR) is 129 cm³/mol. The molecule has 0 fully saturated rings. The Hall–Kier alpha value is -3.71. The molecule has 6 nitrogen and oxygen atoms in total. The van der Waals surface area contributed by atoms with Crippen LogP contribution in [0.5, 0.6) is 0 Å². The number of amides is 2. The molecule has 0 unspecified atom stereocenters. The normalized spacial score (nSPS) is 11.7. The topological polar surface area (TPSA) is 75.4 Å². The van der Waals surface area contributed by atoms with Gasteiger partial charge in [0.2, 0.25) is 5.91 Å². The third-order valence-corrected chi connectivity index (χ3v) is 6.33. The number of carbonyl (C=O) groups is 2. The predicted octanol–water partition coefficient (Wildman–Crippen LogP) is 5.37. The highest BCUT2D eigenvalue weighted by Gasteiger charge is 2.35. The molecular weight excluding hydrogens is 434 g/mol. The summed E-state index contributed by atoms with van der Waals surface area (Å²) in [5.74, 6) is 0.0756. The van der Waals surface area contributed by atoms with Crippen LogP contribution in [0.2, 0.25) is 0 Å². The lowest BCUT2D eigenvalue weighted by molar-refractivity contribution is -0.122. The number of rotatable bonds is 7. The second-order valence-electron chi connectivity index (χ2n) is 7.77. The van der Waals surface area contributed by atoms with Crippen molar-refractivity contribution in [3.8, 4) is 0 Å². The van der Waals surface area contributed by atoms with E-state index in [1.165, 1.54) is 11.3 Å². The Kier molecular flexibility index (Phi) is 6.70. The minimum atomic E-state index is -0.877. The number of anilines is 1. The van der Waals surface area contributed by atoms with E-state index < -0.39 is 6.04 Å². The summed E-state index contributed by atoms with van der Waals surface area (Å²) in [6.07, 6.45) is 1.56. The molecule has 0 spiro atoms. The Morgan fingerprint density at radius 1 is 1.00 bits per heavy atom. The van der Waals surface area contributed by atoms with E-state index in [0.29, 0.717) is 27.6 Å². The van der Waals surface area contributed by atoms with Crippen molar-refractivity contribution in [1.82, 2.24) is 10.3 Å². The number of benzene rings is 2. The number of hydrogen-bond donors (Lipinski definition) is 1. The first kappa shape index (κ1) is 22.5. The number of nitrogens with zero attached hydrogens (tertiary/aromatic N) is 2. The van der Waals surface area contributed by atoms with E-state index in [-0.39, 0.29) is 18.4 Å². The first-order chi connectivity index (χ1) is 15.9. The monoisotopic (exact) mass is 459 g/mol. The van der Waals surface area contributed by atoms with E-state index in [1.807, 2.05) is 75.4 Å². The zero-order valence-corrected chi connectivity index (χ0v) is 19.6. The third kappa shape index (κ3) is 5.04. The van der Waals surface area contributed by atoms with Crippen molar-refractivity contribution in [2.24, 2.45) is 0 Å². The summed E-state index contributed by atoms with van der Waals surface area (Å²) >= 11 is 1.34. The lowest BCUT2D eigenvalue weighted by Gasteiger charge is -2.31. The zero-order valence-electron chi connectivity index (χ0n) is 18.7. The Morgan fingerprint density at radius 2 is 1.73 bits per heavy atom. The molecule has 0 aliphatic rings. The number of carbonyl (C=O) groups excluding carboxylic acids is 2. The fraction of sp³-hybridized carbons (Fsp3) is 0.192. The summed E-state index contributed by atoms with van der Waals surface area (Å²) < 4.78 is 5.36. The van der Waals surface area contributed by atoms with Gasteiger partial charge in [-0.25, -0.2) is 4.98 Å². The lowest BCUT2D eigenvalue weighted by Crippen LogP contribution is -2.44. The van der Waals surface area contributed by atoms with Crippen LogP contribution in [0.15, 0.2) is 77.4 Å². The minimum Gasteiger partial charge on any atom is -0.467 e. The molecular formula is C26H25N3O3S. The zero-order chi connectivity index (χ0) is 23.4. The Bertz CT molecular complexity index is 1230. The smallest absolute Gasteiger partial charge is 0.271 e. The van der Waals surface area contributed by atoms with Gasteiger partial charge < -0.3 is 9.73 Å². The molecule has 0 radical (unpaired) electrons. The van der Waals surface area contributed by atoms with Gasteiger partial charge in [-0.3, -0.25) is 14.5 Å². The highest BCUT2D eigenvalue weighted by Crippen LogP contribution is 2.32. The third-order valence-electron chi connectivity index (χ3n) is 5.27. The van der Waals surface area contributed by atoms with Crippen molar-refractivity contribution < 1.29 is 14.0 Å². The maximum absolute atomic E-state index is 13.9. The second-order valence-corrected chi connectivity index (χ2v) is 8.97. The van der Waals surface area contributed by atoms with Crippen LogP contribution in [0, 0.1) is 20.8 Å². The van der Waals surface area contributed by atoms with Gasteiger partial charge in [-0.15, -0.1) is 11.3 Å². The summed E-state index contributed by atoms with van der Waals surface area (Å²) in [6.45, 7) is 5.90. The van der Waals surface area contributed by atoms with E-state index in [2.05, 4.69) is 10.3 Å². The summed E-state index contributed by atoms with van der Waals surface area (Å²) in [7, 11) is 0. The van der Waals surface area contributed by atoms with E-state index in [4.69, 9.17) is 4.42 Å². The minimum absolute atomic E-state index is 0.226. The Morgan fingerprint density at radius 3 is 2.33 bits per heavy atom. The van der Waals surface area contributed by atoms with Crippen molar-refractivity contribution in [2.75, 3.05) is 4.90 Å². The molecule has 168 valence electrons. The molecule has 7 heteroatoms. The van der Waals surface area contributed by atoms with Crippen molar-refractivity contribution in [3.05, 3.63) is 105 Å². The van der Waals surface area contributed by atoms with E-state index in [1.54, 1.807) is 23.3 Å². The van der Waals surface area contributed by atoms with Crippen LogP contribution in [0.1, 0.15) is 43.3 Å². The van der Waals surface area contributed by atoms with Gasteiger partial charge in [0, 0.05) is 5.69 Å². The number of aryl methyl sites for hydroxylation is 3. The fourth-order valence-electron chi connectivity index (χ4n) is 3.67. The summed E-state index contributed by atoms with van der Waals surface area (Å²) in [6, 6.07) is 19.6. The second kappa shape index (κ2) is 9.83.